The van der Waals surface area contributed by atoms with Gasteiger partial charge in [0.15, 0.2) is 0 Å². The lowest BCUT2D eigenvalue weighted by atomic mass is 10.1. The number of esters is 1. The van der Waals surface area contributed by atoms with Crippen LogP contribution in [0.4, 0.5) is 5.82 Å². The average Bonchev–Trinajstić information content (AvgIpc) is 2.74. The molecule has 0 aliphatic heterocycles. The zero-order valence-corrected chi connectivity index (χ0v) is 13.1. The summed E-state index contributed by atoms with van der Waals surface area (Å²) in [6.07, 6.45) is 0. The smallest absolute Gasteiger partial charge is 0.343 e. The number of nitrogens with zero attached hydrogens (tertiary/aromatic N) is 2. The van der Waals surface area contributed by atoms with E-state index in [0.29, 0.717) is 17.1 Å². The van der Waals surface area contributed by atoms with Crippen LogP contribution in [0.3, 0.4) is 0 Å². The van der Waals surface area contributed by atoms with Gasteiger partial charge in [0.2, 0.25) is 0 Å². The van der Waals surface area contributed by atoms with Crippen LogP contribution < -0.4 is 5.32 Å². The summed E-state index contributed by atoms with van der Waals surface area (Å²) in [6.45, 7) is 5.64. The van der Waals surface area contributed by atoms with Crippen molar-refractivity contribution in [2.24, 2.45) is 7.05 Å². The van der Waals surface area contributed by atoms with E-state index in [1.165, 1.54) is 4.68 Å². The fourth-order valence-corrected chi connectivity index (χ4v) is 2.13. The number of amides is 1. The average molecular weight is 301 g/mol. The van der Waals surface area contributed by atoms with Crippen LogP contribution in [0.25, 0.3) is 0 Å². The second kappa shape index (κ2) is 6.43. The van der Waals surface area contributed by atoms with Gasteiger partial charge < -0.3 is 10.1 Å². The summed E-state index contributed by atoms with van der Waals surface area (Å²) in [5.41, 5.74) is 2.38. The highest BCUT2D eigenvalue weighted by atomic mass is 16.5. The van der Waals surface area contributed by atoms with E-state index in [9.17, 15) is 9.59 Å². The van der Waals surface area contributed by atoms with Crippen molar-refractivity contribution in [3.8, 4) is 0 Å². The summed E-state index contributed by atoms with van der Waals surface area (Å²) in [6, 6.07) is 7.18. The van der Waals surface area contributed by atoms with E-state index >= 15 is 0 Å². The van der Waals surface area contributed by atoms with Gasteiger partial charge in [0.1, 0.15) is 11.4 Å². The second-order valence-corrected chi connectivity index (χ2v) is 4.97. The molecule has 6 heteroatoms. The van der Waals surface area contributed by atoms with Crippen LogP contribution in [-0.4, -0.2) is 28.3 Å². The van der Waals surface area contributed by atoms with Crippen molar-refractivity contribution < 1.29 is 14.3 Å². The van der Waals surface area contributed by atoms with Gasteiger partial charge in [-0.05, 0) is 32.9 Å². The van der Waals surface area contributed by atoms with Crippen LogP contribution in [0.5, 0.6) is 0 Å². The third-order valence-corrected chi connectivity index (χ3v) is 3.25. The second-order valence-electron chi connectivity index (χ2n) is 4.97. The van der Waals surface area contributed by atoms with Crippen LogP contribution in [0.1, 0.15) is 38.9 Å². The maximum absolute atomic E-state index is 12.3. The number of rotatable bonds is 4. The molecular weight excluding hydrogens is 282 g/mol. The van der Waals surface area contributed by atoms with Gasteiger partial charge in [-0.1, -0.05) is 17.7 Å². The topological polar surface area (TPSA) is 73.2 Å². The van der Waals surface area contributed by atoms with E-state index in [1.54, 1.807) is 33.0 Å². The first-order valence-corrected chi connectivity index (χ1v) is 7.02. The Labute approximate surface area is 129 Å². The Bertz CT molecular complexity index is 702. The van der Waals surface area contributed by atoms with Crippen molar-refractivity contribution in [2.75, 3.05) is 11.9 Å². The van der Waals surface area contributed by atoms with Gasteiger partial charge >= 0.3 is 5.97 Å². The predicted molar refractivity (Wildman–Crippen MR) is 83.0 cm³/mol. The highest BCUT2D eigenvalue weighted by molar-refractivity contribution is 6.07. The van der Waals surface area contributed by atoms with Gasteiger partial charge in [-0.25, -0.2) is 4.79 Å². The van der Waals surface area contributed by atoms with Gasteiger partial charge in [-0.2, -0.15) is 5.10 Å². The summed E-state index contributed by atoms with van der Waals surface area (Å²) < 4.78 is 6.49. The van der Waals surface area contributed by atoms with E-state index in [1.807, 2.05) is 19.1 Å². The first-order valence-electron chi connectivity index (χ1n) is 7.02. The number of nitrogens with one attached hydrogen (secondary N) is 1. The van der Waals surface area contributed by atoms with E-state index in [-0.39, 0.29) is 18.1 Å². The molecule has 0 aliphatic carbocycles. The fourth-order valence-electron chi connectivity index (χ4n) is 2.13. The Morgan fingerprint density at radius 2 is 1.86 bits per heavy atom. The molecule has 0 saturated heterocycles. The van der Waals surface area contributed by atoms with Gasteiger partial charge in [0.05, 0.1) is 12.3 Å². The van der Waals surface area contributed by atoms with Crippen molar-refractivity contribution in [1.29, 1.82) is 0 Å². The number of anilines is 1. The summed E-state index contributed by atoms with van der Waals surface area (Å²) in [7, 11) is 1.67. The summed E-state index contributed by atoms with van der Waals surface area (Å²) in [5, 5.41) is 6.91. The number of hydrogen-bond donors (Lipinski definition) is 1. The molecule has 1 aromatic carbocycles. The minimum Gasteiger partial charge on any atom is -0.462 e. The monoisotopic (exact) mass is 301 g/mol. The predicted octanol–water partition coefficient (Wildman–Crippen LogP) is 2.47. The Morgan fingerprint density at radius 3 is 2.45 bits per heavy atom. The molecule has 0 spiro atoms. The standard InChI is InChI=1S/C16H19N3O3/c1-5-22-16(21)13-11(3)18-19(4)14(13)17-15(20)12-8-6-10(2)7-9-12/h6-9H,5H2,1-4H3,(H,17,20). The first-order chi connectivity index (χ1) is 10.4. The Kier molecular flexibility index (Phi) is 4.60. The van der Waals surface area contributed by atoms with E-state index in [4.69, 9.17) is 4.74 Å². The molecule has 0 fully saturated rings. The first kappa shape index (κ1) is 15.8. The van der Waals surface area contributed by atoms with Crippen LogP contribution in [0.15, 0.2) is 24.3 Å². The molecule has 0 unspecified atom stereocenters. The molecule has 0 aliphatic rings. The molecule has 2 aromatic rings. The number of hydrogen-bond acceptors (Lipinski definition) is 4. The summed E-state index contributed by atoms with van der Waals surface area (Å²) >= 11 is 0. The van der Waals surface area contributed by atoms with Gasteiger partial charge in [-0.3, -0.25) is 9.48 Å². The molecule has 1 N–H and O–H groups in total. The molecule has 1 aromatic heterocycles. The molecule has 2 rings (SSSR count). The number of ether oxygens (including phenoxy) is 1. The molecule has 0 bridgehead atoms. The van der Waals surface area contributed by atoms with Gasteiger partial charge in [0.25, 0.3) is 5.91 Å². The highest BCUT2D eigenvalue weighted by Gasteiger charge is 2.23. The lowest BCUT2D eigenvalue weighted by Crippen LogP contribution is -2.17. The van der Waals surface area contributed by atoms with Gasteiger partial charge in [0, 0.05) is 12.6 Å². The lowest BCUT2D eigenvalue weighted by Gasteiger charge is -2.08. The summed E-state index contributed by atoms with van der Waals surface area (Å²) in [5.74, 6) is -0.456. The molecule has 0 radical (unpaired) electrons. The van der Waals surface area contributed by atoms with Crippen molar-refractivity contribution in [2.45, 2.75) is 20.8 Å². The highest BCUT2D eigenvalue weighted by Crippen LogP contribution is 2.21. The molecule has 116 valence electrons. The quantitative estimate of drug-likeness (QED) is 0.880. The van der Waals surface area contributed by atoms with E-state index in [2.05, 4.69) is 10.4 Å². The van der Waals surface area contributed by atoms with E-state index < -0.39 is 5.97 Å². The maximum Gasteiger partial charge on any atom is 0.343 e. The minimum absolute atomic E-state index is 0.262. The zero-order chi connectivity index (χ0) is 16.3. The largest absolute Gasteiger partial charge is 0.462 e. The number of carbonyl (C=O) groups is 2. The number of carbonyl (C=O) groups excluding carboxylic acids is 2. The van der Waals surface area contributed by atoms with Crippen molar-refractivity contribution in [3.05, 3.63) is 46.6 Å². The Hall–Kier alpha value is -2.63. The fraction of sp³-hybridized carbons (Fsp3) is 0.312. The van der Waals surface area contributed by atoms with Crippen LogP contribution in [0, 0.1) is 13.8 Å². The lowest BCUT2D eigenvalue weighted by molar-refractivity contribution is 0.0526. The Balaban J connectivity index is 2.31. The molecule has 0 atom stereocenters. The number of aromatic nitrogens is 2. The SMILES string of the molecule is CCOC(=O)c1c(C)nn(C)c1NC(=O)c1ccc(C)cc1. The number of aryl methyl sites for hydroxylation is 3. The van der Waals surface area contributed by atoms with Crippen LogP contribution >= 0.6 is 0 Å². The van der Waals surface area contributed by atoms with Crippen LogP contribution in [-0.2, 0) is 11.8 Å². The van der Waals surface area contributed by atoms with Crippen LogP contribution in [0.2, 0.25) is 0 Å². The molecule has 22 heavy (non-hydrogen) atoms. The maximum atomic E-state index is 12.3. The van der Waals surface area contributed by atoms with E-state index in [0.717, 1.165) is 5.56 Å². The molecule has 6 nitrogen and oxygen atoms in total. The van der Waals surface area contributed by atoms with Crippen molar-refractivity contribution >= 4 is 17.7 Å². The third-order valence-electron chi connectivity index (χ3n) is 3.25. The molecule has 1 amide bonds. The number of benzene rings is 1. The summed E-state index contributed by atoms with van der Waals surface area (Å²) in [4.78, 5) is 24.4. The zero-order valence-electron chi connectivity index (χ0n) is 13.1. The molecule has 1 heterocycles. The third kappa shape index (κ3) is 3.16. The Morgan fingerprint density at radius 1 is 1.23 bits per heavy atom. The minimum atomic E-state index is -0.493. The van der Waals surface area contributed by atoms with Crippen molar-refractivity contribution in [3.63, 3.8) is 0 Å². The normalized spacial score (nSPS) is 10.4. The van der Waals surface area contributed by atoms with Gasteiger partial charge in [-0.15, -0.1) is 0 Å². The molecule has 0 saturated carbocycles. The molecular formula is C16H19N3O3. The van der Waals surface area contributed by atoms with Crippen molar-refractivity contribution in [1.82, 2.24) is 9.78 Å².